The average molecular weight is 599 g/mol. The predicted octanol–water partition coefficient (Wildman–Crippen LogP) is 6.14. The summed E-state index contributed by atoms with van der Waals surface area (Å²) in [6.07, 6.45) is 2.20. The van der Waals surface area contributed by atoms with Gasteiger partial charge in [0.25, 0.3) is 11.8 Å². The molecule has 6 aromatic rings. The Balaban J connectivity index is 1.26. The molecule has 0 radical (unpaired) electrons. The standard InChI is InChI=1S/C34H26N6O3S/c1-19(2)24-15-27-35-16-25-30(40(27)38-24)37-28(29(36-25)26-9-6-14-44-26)20-10-12-21(13-11-20)34(17-33(3,43)18-34)39-31(41)22-7-4-5-8-23(22)32(39)42/h4-16,43H,1,17-18H2,2-3H3/t33-,34-. The Hall–Kier alpha value is -5.06. The third-order valence-corrected chi connectivity index (χ3v) is 9.45. The number of carbonyl (C=O) groups excluding carboxylic acids is 2. The van der Waals surface area contributed by atoms with Crippen molar-refractivity contribution < 1.29 is 14.7 Å². The van der Waals surface area contributed by atoms with E-state index in [0.717, 1.165) is 33.0 Å². The van der Waals surface area contributed by atoms with Gasteiger partial charge in [-0.1, -0.05) is 49.0 Å². The van der Waals surface area contributed by atoms with Crippen LogP contribution in [0.4, 0.5) is 0 Å². The number of hydrogen-bond donors (Lipinski definition) is 1. The van der Waals surface area contributed by atoms with Gasteiger partial charge in [-0.05, 0) is 48.6 Å². The summed E-state index contributed by atoms with van der Waals surface area (Å²) in [7, 11) is 0. The number of nitrogens with zero attached hydrogens (tertiary/aromatic N) is 6. The topological polar surface area (TPSA) is 114 Å². The van der Waals surface area contributed by atoms with Gasteiger partial charge in [0.2, 0.25) is 0 Å². The van der Waals surface area contributed by atoms with E-state index in [9.17, 15) is 14.7 Å². The highest BCUT2D eigenvalue weighted by molar-refractivity contribution is 7.13. The minimum atomic E-state index is -1.00. The molecule has 0 saturated heterocycles. The molecule has 0 bridgehead atoms. The zero-order chi connectivity index (χ0) is 30.4. The molecule has 5 heterocycles. The van der Waals surface area contributed by atoms with Crippen molar-refractivity contribution in [2.24, 2.45) is 0 Å². The molecule has 0 spiro atoms. The Bertz CT molecular complexity index is 2140. The number of hydrogen-bond acceptors (Lipinski definition) is 8. The van der Waals surface area contributed by atoms with Crippen LogP contribution in [-0.2, 0) is 5.54 Å². The molecule has 2 amide bonds. The Morgan fingerprint density at radius 3 is 2.27 bits per heavy atom. The summed E-state index contributed by atoms with van der Waals surface area (Å²) < 4.78 is 1.69. The van der Waals surface area contributed by atoms with Gasteiger partial charge < -0.3 is 5.11 Å². The highest BCUT2D eigenvalue weighted by atomic mass is 32.1. The minimum absolute atomic E-state index is 0.246. The molecule has 8 rings (SSSR count). The van der Waals surface area contributed by atoms with Crippen LogP contribution in [0.5, 0.6) is 0 Å². The SMILES string of the molecule is C=C(C)c1cc2ncc3nc(-c4cccs4)c(-c4ccc([C@]5(N6C(=O)c7ccccc7C6=O)C[C@](C)(O)C5)cc4)nc3n2n1. The molecule has 1 saturated carbocycles. The lowest BCUT2D eigenvalue weighted by atomic mass is 9.61. The molecule has 1 aliphatic carbocycles. The van der Waals surface area contributed by atoms with Gasteiger partial charge in [-0.3, -0.25) is 14.5 Å². The Kier molecular flexibility index (Phi) is 5.56. The van der Waals surface area contributed by atoms with Crippen LogP contribution in [0.25, 0.3) is 44.2 Å². The van der Waals surface area contributed by atoms with E-state index >= 15 is 0 Å². The number of aliphatic hydroxyl groups is 1. The summed E-state index contributed by atoms with van der Waals surface area (Å²) in [5.74, 6) is -0.673. The fraction of sp³-hybridized carbons (Fsp3) is 0.176. The quantitative estimate of drug-likeness (QED) is 0.237. The van der Waals surface area contributed by atoms with Crippen LogP contribution in [0.2, 0.25) is 0 Å². The number of rotatable bonds is 5. The van der Waals surface area contributed by atoms with E-state index in [2.05, 4.69) is 16.7 Å². The Morgan fingerprint density at radius 2 is 1.66 bits per heavy atom. The lowest BCUT2D eigenvalue weighted by molar-refractivity contribution is -0.118. The van der Waals surface area contributed by atoms with E-state index in [1.54, 1.807) is 53.2 Å². The van der Waals surface area contributed by atoms with Crippen LogP contribution in [0.3, 0.4) is 0 Å². The van der Waals surface area contributed by atoms with Crippen LogP contribution in [0.15, 0.2) is 84.9 Å². The molecular formula is C34H26N6O3S. The molecule has 0 atom stereocenters. The van der Waals surface area contributed by atoms with Gasteiger partial charge in [0.1, 0.15) is 11.2 Å². The van der Waals surface area contributed by atoms with Gasteiger partial charge in [-0.25, -0.2) is 15.0 Å². The molecule has 1 fully saturated rings. The van der Waals surface area contributed by atoms with Crippen molar-refractivity contribution >= 4 is 45.5 Å². The van der Waals surface area contributed by atoms with Crippen molar-refractivity contribution in [1.29, 1.82) is 0 Å². The Morgan fingerprint density at radius 1 is 0.955 bits per heavy atom. The number of fused-ring (bicyclic) bond motifs is 4. The van der Waals surface area contributed by atoms with Crippen molar-refractivity contribution in [2.45, 2.75) is 37.8 Å². The maximum absolute atomic E-state index is 13.6. The molecular weight excluding hydrogens is 572 g/mol. The second-order valence-electron chi connectivity index (χ2n) is 11.9. The fourth-order valence-corrected chi connectivity index (χ4v) is 7.35. The highest BCUT2D eigenvalue weighted by Crippen LogP contribution is 2.54. The molecule has 2 aromatic carbocycles. The normalized spacial score (nSPS) is 21.2. The number of benzene rings is 2. The first-order chi connectivity index (χ1) is 21.1. The van der Waals surface area contributed by atoms with Crippen molar-refractivity contribution in [3.8, 4) is 21.8 Å². The van der Waals surface area contributed by atoms with E-state index in [1.165, 1.54) is 4.90 Å². The third-order valence-electron chi connectivity index (χ3n) is 8.57. The molecule has 2 aliphatic rings. The number of thiophene rings is 1. The van der Waals surface area contributed by atoms with Crippen molar-refractivity contribution in [1.82, 2.24) is 29.5 Å². The first-order valence-corrected chi connectivity index (χ1v) is 15.1. The number of imide groups is 1. The van der Waals surface area contributed by atoms with E-state index < -0.39 is 11.1 Å². The van der Waals surface area contributed by atoms with E-state index in [0.29, 0.717) is 33.6 Å². The third kappa shape index (κ3) is 3.81. The van der Waals surface area contributed by atoms with Crippen molar-refractivity contribution in [3.05, 3.63) is 107 Å². The van der Waals surface area contributed by atoms with Crippen molar-refractivity contribution in [3.63, 3.8) is 0 Å². The van der Waals surface area contributed by atoms with Gasteiger partial charge in [-0.2, -0.15) is 9.61 Å². The van der Waals surface area contributed by atoms with Gasteiger partial charge in [-0.15, -0.1) is 11.3 Å². The zero-order valence-corrected chi connectivity index (χ0v) is 24.8. The summed E-state index contributed by atoms with van der Waals surface area (Å²) in [4.78, 5) is 44.1. The molecule has 10 heteroatoms. The molecule has 9 nitrogen and oxygen atoms in total. The monoisotopic (exact) mass is 598 g/mol. The predicted molar refractivity (Wildman–Crippen MR) is 168 cm³/mol. The van der Waals surface area contributed by atoms with Crippen LogP contribution in [-0.4, -0.2) is 52.0 Å². The summed E-state index contributed by atoms with van der Waals surface area (Å²) >= 11 is 1.57. The number of amides is 2. The molecule has 0 unspecified atom stereocenters. The number of carbonyl (C=O) groups is 2. The average Bonchev–Trinajstić information content (AvgIpc) is 3.75. The zero-order valence-electron chi connectivity index (χ0n) is 24.0. The molecule has 1 N–H and O–H groups in total. The maximum atomic E-state index is 13.6. The first-order valence-electron chi connectivity index (χ1n) is 14.2. The highest BCUT2D eigenvalue weighted by Gasteiger charge is 2.60. The van der Waals surface area contributed by atoms with Crippen molar-refractivity contribution in [2.75, 3.05) is 0 Å². The summed E-state index contributed by atoms with van der Waals surface area (Å²) in [5, 5.41) is 17.6. The first kappa shape index (κ1) is 26.6. The van der Waals surface area contributed by atoms with Crippen LogP contribution in [0, 0.1) is 0 Å². The van der Waals surface area contributed by atoms with E-state index in [1.807, 2.05) is 54.8 Å². The van der Waals surface area contributed by atoms with E-state index in [-0.39, 0.29) is 24.7 Å². The molecule has 44 heavy (non-hydrogen) atoms. The van der Waals surface area contributed by atoms with Crippen LogP contribution in [0.1, 0.15) is 58.7 Å². The largest absolute Gasteiger partial charge is 0.390 e. The van der Waals surface area contributed by atoms with Gasteiger partial charge in [0.05, 0.1) is 44.7 Å². The van der Waals surface area contributed by atoms with Crippen LogP contribution < -0.4 is 0 Å². The summed E-state index contributed by atoms with van der Waals surface area (Å²) in [6, 6.07) is 20.5. The molecule has 1 aliphatic heterocycles. The van der Waals surface area contributed by atoms with Gasteiger partial charge >= 0.3 is 0 Å². The number of aromatic nitrogens is 5. The Labute approximate surface area is 256 Å². The maximum Gasteiger partial charge on any atom is 0.262 e. The lowest BCUT2D eigenvalue weighted by Gasteiger charge is -2.55. The second kappa shape index (κ2) is 9.22. The van der Waals surface area contributed by atoms with Gasteiger partial charge in [0.15, 0.2) is 11.3 Å². The van der Waals surface area contributed by atoms with Crippen LogP contribution >= 0.6 is 11.3 Å². The smallest absolute Gasteiger partial charge is 0.262 e. The molecule has 4 aromatic heterocycles. The minimum Gasteiger partial charge on any atom is -0.390 e. The number of allylic oxidation sites excluding steroid dienone is 1. The summed E-state index contributed by atoms with van der Waals surface area (Å²) in [6.45, 7) is 7.65. The summed E-state index contributed by atoms with van der Waals surface area (Å²) in [5.41, 5.74) is 5.17. The van der Waals surface area contributed by atoms with E-state index in [4.69, 9.17) is 9.97 Å². The fourth-order valence-electron chi connectivity index (χ4n) is 6.64. The lowest BCUT2D eigenvalue weighted by Crippen LogP contribution is -2.63. The second-order valence-corrected chi connectivity index (χ2v) is 12.8. The molecule has 216 valence electrons. The van der Waals surface area contributed by atoms with Gasteiger partial charge in [0, 0.05) is 24.5 Å².